The van der Waals surface area contributed by atoms with Crippen LogP contribution in [0.2, 0.25) is 0 Å². The number of carboxylic acids is 1. The number of benzene rings is 2. The summed E-state index contributed by atoms with van der Waals surface area (Å²) in [6, 6.07) is 10.8. The molecule has 2 aromatic carbocycles. The third-order valence-corrected chi connectivity index (χ3v) is 10.3. The van der Waals surface area contributed by atoms with Crippen LogP contribution in [0.3, 0.4) is 0 Å². The molecule has 2 aromatic rings. The van der Waals surface area contributed by atoms with E-state index in [1.807, 2.05) is 36.4 Å². The summed E-state index contributed by atoms with van der Waals surface area (Å²) in [6.45, 7) is 7.63. The number of carbonyl (C=O) groups excluding carboxylic acids is 1. The second-order valence-corrected chi connectivity index (χ2v) is 14.6. The van der Waals surface area contributed by atoms with Gasteiger partial charge in [-0.05, 0) is 85.0 Å². The molecule has 5 fully saturated rings. The number of fused-ring (bicyclic) bond motifs is 1. The standard InChI is InChI=1S/C33H43NO4/c1-30-16-31(2)18-32(3,17-30)21-33(19-30,20-31)27(29(36)37)34-28(35)25-14-13-23-11-7-8-12-24(23)26(25)38-15-22-9-5-4-6-10-22/h7-8,11-14,22,27H,4-6,9-10,15-21H2,1-3H3,(H,34,35)(H,36,37). The fourth-order valence-corrected chi connectivity index (χ4v) is 10.5. The number of hydrogen-bond donors (Lipinski definition) is 2. The van der Waals surface area contributed by atoms with E-state index in [0.717, 1.165) is 62.1 Å². The normalized spacial score (nSPS) is 35.2. The molecule has 5 heteroatoms. The minimum absolute atomic E-state index is 0.133. The highest BCUT2D eigenvalue weighted by molar-refractivity contribution is 6.05. The number of hydrogen-bond acceptors (Lipinski definition) is 3. The Morgan fingerprint density at radius 3 is 2.11 bits per heavy atom. The number of carbonyl (C=O) groups is 2. The summed E-state index contributed by atoms with van der Waals surface area (Å²) in [5.41, 5.74) is 0.420. The molecule has 0 heterocycles. The number of nitrogens with one attached hydrogen (secondary N) is 1. The molecule has 0 radical (unpaired) electrons. The van der Waals surface area contributed by atoms with Crippen molar-refractivity contribution in [2.75, 3.05) is 6.61 Å². The zero-order chi connectivity index (χ0) is 26.8. The number of aliphatic carboxylic acids is 1. The molecule has 204 valence electrons. The number of ether oxygens (including phenoxy) is 1. The zero-order valence-corrected chi connectivity index (χ0v) is 23.3. The van der Waals surface area contributed by atoms with Gasteiger partial charge in [0.1, 0.15) is 11.8 Å². The van der Waals surface area contributed by atoms with E-state index in [0.29, 0.717) is 23.8 Å². The SMILES string of the molecule is CC12CC3(C)CC(C)(C1)CC(C(NC(=O)c1ccc4ccccc4c1OCC1CCCCC1)C(=O)O)(C2)C3. The summed E-state index contributed by atoms with van der Waals surface area (Å²) >= 11 is 0. The summed E-state index contributed by atoms with van der Waals surface area (Å²) in [6.07, 6.45) is 12.1. The van der Waals surface area contributed by atoms with Crippen LogP contribution in [0.4, 0.5) is 0 Å². The first-order valence-corrected chi connectivity index (χ1v) is 14.7. The first-order valence-electron chi connectivity index (χ1n) is 14.7. The van der Waals surface area contributed by atoms with E-state index in [-0.39, 0.29) is 22.2 Å². The quantitative estimate of drug-likeness (QED) is 0.402. The second kappa shape index (κ2) is 8.99. The molecule has 5 nitrogen and oxygen atoms in total. The van der Waals surface area contributed by atoms with Crippen molar-refractivity contribution in [2.45, 2.75) is 97.4 Å². The van der Waals surface area contributed by atoms with Crippen LogP contribution < -0.4 is 10.1 Å². The van der Waals surface area contributed by atoms with Crippen molar-refractivity contribution >= 4 is 22.6 Å². The lowest BCUT2D eigenvalue weighted by Crippen LogP contribution is -2.66. The summed E-state index contributed by atoms with van der Waals surface area (Å²) in [4.78, 5) is 26.8. The molecule has 5 aliphatic carbocycles. The van der Waals surface area contributed by atoms with Gasteiger partial charge < -0.3 is 15.2 Å². The fourth-order valence-electron chi connectivity index (χ4n) is 10.5. The Kier molecular flexibility index (Phi) is 6.08. The first kappa shape index (κ1) is 25.7. The molecule has 0 aliphatic heterocycles. The minimum Gasteiger partial charge on any atom is -0.492 e. The van der Waals surface area contributed by atoms with Gasteiger partial charge in [0.15, 0.2) is 0 Å². The van der Waals surface area contributed by atoms with Gasteiger partial charge in [-0.1, -0.05) is 70.4 Å². The van der Waals surface area contributed by atoms with Gasteiger partial charge in [0.2, 0.25) is 0 Å². The van der Waals surface area contributed by atoms with Gasteiger partial charge in [-0.25, -0.2) is 4.79 Å². The average molecular weight is 518 g/mol. The van der Waals surface area contributed by atoms with Crippen LogP contribution in [-0.2, 0) is 4.79 Å². The van der Waals surface area contributed by atoms with E-state index in [1.165, 1.54) is 19.3 Å². The fraction of sp³-hybridized carbons (Fsp3) is 0.636. The highest BCUT2D eigenvalue weighted by atomic mass is 16.5. The Balaban J connectivity index is 1.32. The third-order valence-electron chi connectivity index (χ3n) is 10.3. The molecule has 5 saturated carbocycles. The van der Waals surface area contributed by atoms with E-state index in [2.05, 4.69) is 26.1 Å². The van der Waals surface area contributed by atoms with Gasteiger partial charge in [0.25, 0.3) is 5.91 Å². The van der Waals surface area contributed by atoms with Crippen LogP contribution >= 0.6 is 0 Å². The second-order valence-electron chi connectivity index (χ2n) is 14.6. The molecule has 2 N–H and O–H groups in total. The van der Waals surface area contributed by atoms with Crippen molar-refractivity contribution in [3.8, 4) is 5.75 Å². The average Bonchev–Trinajstić information content (AvgIpc) is 2.83. The van der Waals surface area contributed by atoms with Crippen molar-refractivity contribution in [1.29, 1.82) is 0 Å². The Morgan fingerprint density at radius 2 is 1.50 bits per heavy atom. The van der Waals surface area contributed by atoms with Crippen molar-refractivity contribution in [2.24, 2.45) is 27.6 Å². The Bertz CT molecular complexity index is 1210. The summed E-state index contributed by atoms with van der Waals surface area (Å²) in [5.74, 6) is -0.161. The molecule has 1 amide bonds. The zero-order valence-electron chi connectivity index (χ0n) is 23.3. The summed E-state index contributed by atoms with van der Waals surface area (Å²) in [7, 11) is 0. The lowest BCUT2D eigenvalue weighted by Gasteiger charge is -2.70. The summed E-state index contributed by atoms with van der Waals surface area (Å²) < 4.78 is 6.44. The molecular formula is C33H43NO4. The topological polar surface area (TPSA) is 75.6 Å². The van der Waals surface area contributed by atoms with Crippen LogP contribution in [-0.4, -0.2) is 29.6 Å². The van der Waals surface area contributed by atoms with E-state index in [9.17, 15) is 14.7 Å². The van der Waals surface area contributed by atoms with E-state index >= 15 is 0 Å². The molecule has 0 saturated heterocycles. The lowest BCUT2D eigenvalue weighted by molar-refractivity contribution is -0.198. The van der Waals surface area contributed by atoms with Crippen molar-refractivity contribution in [3.63, 3.8) is 0 Å². The molecule has 5 aliphatic rings. The molecular weight excluding hydrogens is 474 g/mol. The van der Waals surface area contributed by atoms with Crippen molar-refractivity contribution in [3.05, 3.63) is 42.0 Å². The van der Waals surface area contributed by atoms with Crippen LogP contribution in [0, 0.1) is 27.6 Å². The maximum atomic E-state index is 14.0. The largest absolute Gasteiger partial charge is 0.492 e. The van der Waals surface area contributed by atoms with E-state index in [4.69, 9.17) is 4.74 Å². The number of carboxylic acid groups (broad SMARTS) is 1. The minimum atomic E-state index is -0.915. The Hall–Kier alpha value is -2.56. The molecule has 7 rings (SSSR count). The van der Waals surface area contributed by atoms with Gasteiger partial charge >= 0.3 is 5.97 Å². The highest BCUT2D eigenvalue weighted by Gasteiger charge is 2.67. The maximum Gasteiger partial charge on any atom is 0.326 e. The first-order chi connectivity index (χ1) is 18.0. The number of amides is 1. The van der Waals surface area contributed by atoms with Gasteiger partial charge in [-0.15, -0.1) is 0 Å². The third kappa shape index (κ3) is 4.50. The molecule has 38 heavy (non-hydrogen) atoms. The Morgan fingerprint density at radius 1 is 0.895 bits per heavy atom. The Labute approximate surface area is 226 Å². The molecule has 1 unspecified atom stereocenters. The highest BCUT2D eigenvalue weighted by Crippen LogP contribution is 2.74. The van der Waals surface area contributed by atoms with Crippen LogP contribution in [0.15, 0.2) is 36.4 Å². The van der Waals surface area contributed by atoms with Crippen LogP contribution in [0.5, 0.6) is 5.75 Å². The van der Waals surface area contributed by atoms with Gasteiger partial charge in [-0.2, -0.15) is 0 Å². The maximum absolute atomic E-state index is 14.0. The lowest BCUT2D eigenvalue weighted by atomic mass is 9.35. The van der Waals surface area contributed by atoms with Crippen molar-refractivity contribution < 1.29 is 19.4 Å². The van der Waals surface area contributed by atoms with E-state index in [1.54, 1.807) is 0 Å². The van der Waals surface area contributed by atoms with Crippen LogP contribution in [0.1, 0.15) is 102 Å². The molecule has 1 atom stereocenters. The smallest absolute Gasteiger partial charge is 0.326 e. The summed E-state index contributed by atoms with van der Waals surface area (Å²) in [5, 5.41) is 15.5. The van der Waals surface area contributed by atoms with Gasteiger partial charge in [0.05, 0.1) is 12.2 Å². The predicted molar refractivity (Wildman–Crippen MR) is 149 cm³/mol. The molecule has 4 bridgehead atoms. The predicted octanol–water partition coefficient (Wildman–Crippen LogP) is 7.37. The molecule has 0 aromatic heterocycles. The van der Waals surface area contributed by atoms with Gasteiger partial charge in [-0.3, -0.25) is 4.79 Å². The van der Waals surface area contributed by atoms with Gasteiger partial charge in [0, 0.05) is 10.8 Å². The van der Waals surface area contributed by atoms with Crippen molar-refractivity contribution in [1.82, 2.24) is 5.32 Å². The number of rotatable bonds is 7. The van der Waals surface area contributed by atoms with Crippen LogP contribution in [0.25, 0.3) is 10.8 Å². The molecule has 0 spiro atoms. The van der Waals surface area contributed by atoms with E-state index < -0.39 is 17.4 Å². The monoisotopic (exact) mass is 517 g/mol.